The number of carbonyl (C=O) groups excluding carboxylic acids is 2. The van der Waals surface area contributed by atoms with Gasteiger partial charge in [-0.05, 0) is 25.8 Å². The summed E-state index contributed by atoms with van der Waals surface area (Å²) >= 11 is 0. The van der Waals surface area contributed by atoms with E-state index in [4.69, 9.17) is 14.2 Å². The number of ether oxygens (including phenoxy) is 3. The van der Waals surface area contributed by atoms with Gasteiger partial charge in [-0.25, -0.2) is 4.79 Å². The summed E-state index contributed by atoms with van der Waals surface area (Å²) in [5.41, 5.74) is -0.971. The van der Waals surface area contributed by atoms with E-state index in [1.807, 2.05) is 13.8 Å². The van der Waals surface area contributed by atoms with E-state index < -0.39 is 36.0 Å². The number of hydrogen-bond acceptors (Lipinski definition) is 7. The zero-order valence-corrected chi connectivity index (χ0v) is 16.6. The van der Waals surface area contributed by atoms with Crippen molar-refractivity contribution >= 4 is 11.9 Å². The van der Waals surface area contributed by atoms with Gasteiger partial charge in [-0.15, -0.1) is 0 Å². The fraction of sp³-hybridized carbons (Fsp3) is 0.800. The summed E-state index contributed by atoms with van der Waals surface area (Å²) in [5, 5.41) is 19.7. The van der Waals surface area contributed by atoms with Gasteiger partial charge in [0, 0.05) is 12.0 Å². The van der Waals surface area contributed by atoms with E-state index in [0.717, 1.165) is 12.8 Å². The Bertz CT molecular complexity index is 561. The van der Waals surface area contributed by atoms with Crippen LogP contribution in [0.2, 0.25) is 0 Å². The van der Waals surface area contributed by atoms with Gasteiger partial charge < -0.3 is 24.4 Å². The lowest BCUT2D eigenvalue weighted by molar-refractivity contribution is -0.283. The standard InChI is InChI=1S/C20H32O7/c1-5-6-7-15(22)8-9-16(23)25-17-13(3)18-20(11-21,27-14(17)4)10-12(2)19(24)26-18/h8-9,12-15,17-18,21-22H,5-7,10-11H2,1-4H3/b9-8+/t12-,13-,14+,15+,17-,18+,20+/m1/s1. The molecule has 2 fully saturated rings. The van der Waals surface area contributed by atoms with Gasteiger partial charge in [0.25, 0.3) is 0 Å². The van der Waals surface area contributed by atoms with Gasteiger partial charge in [-0.2, -0.15) is 0 Å². The molecule has 0 unspecified atom stereocenters. The average Bonchev–Trinajstić information content (AvgIpc) is 2.63. The van der Waals surface area contributed by atoms with Gasteiger partial charge in [-0.1, -0.05) is 33.6 Å². The Labute approximate surface area is 160 Å². The molecule has 0 aromatic carbocycles. The fourth-order valence-corrected chi connectivity index (χ4v) is 4.07. The minimum atomic E-state index is -0.971. The Morgan fingerprint density at radius 3 is 2.74 bits per heavy atom. The molecule has 7 nitrogen and oxygen atoms in total. The van der Waals surface area contributed by atoms with Crippen molar-refractivity contribution in [2.24, 2.45) is 11.8 Å². The third-order valence-corrected chi connectivity index (χ3v) is 5.52. The molecule has 2 heterocycles. The van der Waals surface area contributed by atoms with E-state index >= 15 is 0 Å². The first kappa shape index (κ1) is 21.9. The third kappa shape index (κ3) is 4.89. The topological polar surface area (TPSA) is 102 Å². The zero-order valence-electron chi connectivity index (χ0n) is 16.6. The largest absolute Gasteiger partial charge is 0.459 e. The summed E-state index contributed by atoms with van der Waals surface area (Å²) in [6.45, 7) is 7.11. The van der Waals surface area contributed by atoms with E-state index in [2.05, 4.69) is 0 Å². The molecular weight excluding hydrogens is 352 g/mol. The van der Waals surface area contributed by atoms with Crippen LogP contribution in [0.4, 0.5) is 0 Å². The molecule has 2 saturated heterocycles. The number of fused-ring (bicyclic) bond motifs is 1. The van der Waals surface area contributed by atoms with Gasteiger partial charge in [0.05, 0.1) is 24.7 Å². The highest BCUT2D eigenvalue weighted by Crippen LogP contribution is 2.43. The Morgan fingerprint density at radius 1 is 1.41 bits per heavy atom. The molecule has 7 heteroatoms. The Morgan fingerprint density at radius 2 is 2.11 bits per heavy atom. The van der Waals surface area contributed by atoms with Crippen molar-refractivity contribution in [2.45, 2.75) is 83.4 Å². The van der Waals surface area contributed by atoms with E-state index in [1.54, 1.807) is 13.8 Å². The summed E-state index contributed by atoms with van der Waals surface area (Å²) < 4.78 is 17.1. The van der Waals surface area contributed by atoms with Crippen LogP contribution in [0.15, 0.2) is 12.2 Å². The van der Waals surface area contributed by atoms with Crippen LogP contribution in [0.5, 0.6) is 0 Å². The molecule has 0 aromatic rings. The second-order valence-corrected chi connectivity index (χ2v) is 7.84. The molecule has 154 valence electrons. The second-order valence-electron chi connectivity index (χ2n) is 7.84. The third-order valence-electron chi connectivity index (χ3n) is 5.52. The highest BCUT2D eigenvalue weighted by molar-refractivity contribution is 5.82. The van der Waals surface area contributed by atoms with E-state index in [1.165, 1.54) is 12.2 Å². The van der Waals surface area contributed by atoms with E-state index in [9.17, 15) is 19.8 Å². The highest BCUT2D eigenvalue weighted by atomic mass is 16.6. The maximum absolute atomic E-state index is 12.2. The molecule has 27 heavy (non-hydrogen) atoms. The molecule has 0 aliphatic carbocycles. The highest BCUT2D eigenvalue weighted by Gasteiger charge is 2.58. The van der Waals surface area contributed by atoms with Crippen molar-refractivity contribution in [2.75, 3.05) is 6.61 Å². The minimum absolute atomic E-state index is 0.270. The maximum Gasteiger partial charge on any atom is 0.330 e. The number of aliphatic hydroxyl groups excluding tert-OH is 2. The zero-order chi connectivity index (χ0) is 20.2. The Balaban J connectivity index is 2.05. The van der Waals surface area contributed by atoms with Crippen molar-refractivity contribution < 1.29 is 34.0 Å². The molecule has 7 atom stereocenters. The molecule has 2 N–H and O–H groups in total. The lowest BCUT2D eigenvalue weighted by Gasteiger charge is -2.53. The lowest BCUT2D eigenvalue weighted by Crippen LogP contribution is -2.66. The van der Waals surface area contributed by atoms with Crippen LogP contribution < -0.4 is 0 Å². The SMILES string of the molecule is CCCC[C@H](O)/C=C/C(=O)O[C@@H]1[C@@H](C)[C@@H]2OC(=O)[C@H](C)C[C@@]2(CO)O[C@H]1C. The van der Waals surface area contributed by atoms with Gasteiger partial charge >= 0.3 is 11.9 Å². The van der Waals surface area contributed by atoms with Crippen molar-refractivity contribution in [3.63, 3.8) is 0 Å². The van der Waals surface area contributed by atoms with Crippen LogP contribution in [0.1, 0.15) is 53.4 Å². The average molecular weight is 384 g/mol. The monoisotopic (exact) mass is 384 g/mol. The van der Waals surface area contributed by atoms with Gasteiger partial charge in [0.1, 0.15) is 17.8 Å². The second kappa shape index (κ2) is 9.17. The predicted molar refractivity (Wildman–Crippen MR) is 97.7 cm³/mol. The van der Waals surface area contributed by atoms with Gasteiger partial charge in [-0.3, -0.25) is 4.79 Å². The van der Waals surface area contributed by atoms with Crippen molar-refractivity contribution in [3.05, 3.63) is 12.2 Å². The van der Waals surface area contributed by atoms with Crippen LogP contribution in [0.25, 0.3) is 0 Å². The first-order valence-electron chi connectivity index (χ1n) is 9.80. The van der Waals surface area contributed by atoms with Crippen LogP contribution in [0.3, 0.4) is 0 Å². The van der Waals surface area contributed by atoms with E-state index in [0.29, 0.717) is 12.8 Å². The molecule has 2 aliphatic heterocycles. The van der Waals surface area contributed by atoms with Crippen LogP contribution >= 0.6 is 0 Å². The predicted octanol–water partition coefficient (Wildman–Crippen LogP) is 1.74. The molecule has 0 bridgehead atoms. The summed E-state index contributed by atoms with van der Waals surface area (Å²) in [7, 11) is 0. The summed E-state index contributed by atoms with van der Waals surface area (Å²) in [5.74, 6) is -1.61. The molecule has 0 radical (unpaired) electrons. The van der Waals surface area contributed by atoms with E-state index in [-0.39, 0.29) is 24.4 Å². The normalized spacial score (nSPS) is 37.6. The molecule has 0 saturated carbocycles. The number of rotatable bonds is 7. The van der Waals surface area contributed by atoms with Crippen molar-refractivity contribution in [1.29, 1.82) is 0 Å². The summed E-state index contributed by atoms with van der Waals surface area (Å²) in [6, 6.07) is 0. The molecule has 2 aliphatic rings. The number of carbonyl (C=O) groups is 2. The van der Waals surface area contributed by atoms with Crippen molar-refractivity contribution in [1.82, 2.24) is 0 Å². The number of esters is 2. The first-order valence-corrected chi connectivity index (χ1v) is 9.80. The van der Waals surface area contributed by atoms with Crippen LogP contribution in [-0.4, -0.2) is 58.8 Å². The minimum Gasteiger partial charge on any atom is -0.459 e. The summed E-state index contributed by atoms with van der Waals surface area (Å²) in [6.07, 6.45) is 3.00. The van der Waals surface area contributed by atoms with Crippen LogP contribution in [-0.2, 0) is 23.8 Å². The van der Waals surface area contributed by atoms with Crippen LogP contribution in [0, 0.1) is 11.8 Å². The lowest BCUT2D eigenvalue weighted by atomic mass is 9.74. The number of unbranched alkanes of at least 4 members (excludes halogenated alkanes) is 1. The molecule has 0 spiro atoms. The smallest absolute Gasteiger partial charge is 0.330 e. The number of aliphatic hydroxyl groups is 2. The Hall–Kier alpha value is -1.44. The molecule has 2 rings (SSSR count). The first-order chi connectivity index (χ1) is 12.7. The molecule has 0 aromatic heterocycles. The molecule has 0 amide bonds. The molecular formula is C20H32O7. The summed E-state index contributed by atoms with van der Waals surface area (Å²) in [4.78, 5) is 24.2. The number of hydrogen-bond donors (Lipinski definition) is 2. The van der Waals surface area contributed by atoms with Crippen molar-refractivity contribution in [3.8, 4) is 0 Å². The van der Waals surface area contributed by atoms with Gasteiger partial charge in [0.2, 0.25) is 0 Å². The quantitative estimate of drug-likeness (QED) is 0.509. The van der Waals surface area contributed by atoms with Gasteiger partial charge in [0.15, 0.2) is 0 Å². The maximum atomic E-state index is 12.2. The Kier molecular flexibility index (Phi) is 7.42. The fourth-order valence-electron chi connectivity index (χ4n) is 4.07.